The number of rotatable bonds is 9. The zero-order valence-electron chi connectivity index (χ0n) is 20.2. The number of carbonyl (C=O) groups excluding carboxylic acids is 1. The maximum absolute atomic E-state index is 13.5. The summed E-state index contributed by atoms with van der Waals surface area (Å²) >= 11 is 0. The summed E-state index contributed by atoms with van der Waals surface area (Å²) in [6, 6.07) is 23.6. The van der Waals surface area contributed by atoms with E-state index in [1.807, 2.05) is 31.2 Å². The Bertz CT molecular complexity index is 1220. The fraction of sp³-hybridized carbons (Fsp3) is 0.321. The molecule has 0 spiro atoms. The van der Waals surface area contributed by atoms with E-state index in [0.717, 1.165) is 30.8 Å². The van der Waals surface area contributed by atoms with Crippen LogP contribution in [0.1, 0.15) is 36.0 Å². The molecule has 0 aromatic heterocycles. The number of amides is 1. The van der Waals surface area contributed by atoms with Gasteiger partial charge in [-0.2, -0.15) is 0 Å². The molecule has 1 saturated heterocycles. The minimum Gasteiger partial charge on any atom is -0.350 e. The molecule has 1 aliphatic heterocycles. The maximum atomic E-state index is 13.5. The molecule has 184 valence electrons. The van der Waals surface area contributed by atoms with Crippen LogP contribution in [0.5, 0.6) is 0 Å². The van der Waals surface area contributed by atoms with Crippen LogP contribution in [0, 0.1) is 6.92 Å². The molecule has 35 heavy (non-hydrogen) atoms. The van der Waals surface area contributed by atoms with Gasteiger partial charge in [-0.05, 0) is 68.2 Å². The first-order valence-electron chi connectivity index (χ1n) is 12.1. The Labute approximate surface area is 208 Å². The van der Waals surface area contributed by atoms with Gasteiger partial charge < -0.3 is 5.32 Å². The molecule has 0 atom stereocenters. The second kappa shape index (κ2) is 11.5. The summed E-state index contributed by atoms with van der Waals surface area (Å²) in [5, 5.41) is 2.95. The van der Waals surface area contributed by atoms with Crippen molar-refractivity contribution in [2.45, 2.75) is 44.2 Å². The number of nitrogens with zero attached hydrogens (tertiary/aromatic N) is 2. The van der Waals surface area contributed by atoms with Gasteiger partial charge in [0.05, 0.1) is 10.6 Å². The lowest BCUT2D eigenvalue weighted by molar-refractivity contribution is -0.119. The molecule has 0 radical (unpaired) electrons. The van der Waals surface area contributed by atoms with Crippen molar-refractivity contribution in [2.24, 2.45) is 0 Å². The molecule has 0 aliphatic carbocycles. The van der Waals surface area contributed by atoms with Gasteiger partial charge in [0, 0.05) is 13.1 Å². The first-order valence-corrected chi connectivity index (χ1v) is 13.6. The summed E-state index contributed by atoms with van der Waals surface area (Å²) < 4.78 is 28.1. The van der Waals surface area contributed by atoms with E-state index in [4.69, 9.17) is 0 Å². The summed E-state index contributed by atoms with van der Waals surface area (Å²) in [7, 11) is -3.91. The van der Waals surface area contributed by atoms with E-state index in [1.54, 1.807) is 48.5 Å². The lowest BCUT2D eigenvalue weighted by Gasteiger charge is -2.27. The molecule has 3 aromatic carbocycles. The van der Waals surface area contributed by atoms with Gasteiger partial charge in [0.2, 0.25) is 5.91 Å². The Morgan fingerprint density at radius 2 is 1.49 bits per heavy atom. The molecule has 0 bridgehead atoms. The summed E-state index contributed by atoms with van der Waals surface area (Å²) in [6.07, 6.45) is 3.74. The molecule has 6 nitrogen and oxygen atoms in total. The highest BCUT2D eigenvalue weighted by Gasteiger charge is 2.27. The van der Waals surface area contributed by atoms with Crippen LogP contribution in [0.15, 0.2) is 83.8 Å². The number of benzene rings is 3. The normalized spacial score (nSPS) is 14.4. The third kappa shape index (κ3) is 6.50. The minimum absolute atomic E-state index is 0.159. The van der Waals surface area contributed by atoms with Crippen LogP contribution in [0.3, 0.4) is 0 Å². The van der Waals surface area contributed by atoms with Crippen molar-refractivity contribution < 1.29 is 13.2 Å². The predicted molar refractivity (Wildman–Crippen MR) is 140 cm³/mol. The Hall–Kier alpha value is -3.16. The van der Waals surface area contributed by atoms with Crippen LogP contribution >= 0.6 is 0 Å². The molecular formula is C28H33N3O3S. The number of nitrogens with one attached hydrogen (secondary N) is 1. The van der Waals surface area contributed by atoms with E-state index in [0.29, 0.717) is 12.2 Å². The van der Waals surface area contributed by atoms with Gasteiger partial charge in [-0.3, -0.25) is 14.0 Å². The lowest BCUT2D eigenvalue weighted by atomic mass is 10.0. The van der Waals surface area contributed by atoms with E-state index in [1.165, 1.54) is 29.1 Å². The van der Waals surface area contributed by atoms with Crippen molar-refractivity contribution in [3.05, 3.63) is 95.6 Å². The minimum atomic E-state index is -3.91. The SMILES string of the molecule is Cc1ccc(S(=O)(=O)N(CC(=O)NCc2ccccc2CN2CCCCC2)c2ccccc2)cc1. The average Bonchev–Trinajstić information content (AvgIpc) is 2.88. The van der Waals surface area contributed by atoms with Gasteiger partial charge in [0.1, 0.15) is 6.54 Å². The molecule has 3 aromatic rings. The molecule has 1 amide bonds. The third-order valence-corrected chi connectivity index (χ3v) is 8.17. The summed E-state index contributed by atoms with van der Waals surface area (Å²) in [5.74, 6) is -0.350. The fourth-order valence-electron chi connectivity index (χ4n) is 4.37. The fourth-order valence-corrected chi connectivity index (χ4v) is 5.79. The summed E-state index contributed by atoms with van der Waals surface area (Å²) in [4.78, 5) is 15.6. The number of piperidine rings is 1. The Kier molecular flexibility index (Phi) is 8.21. The number of hydrogen-bond donors (Lipinski definition) is 1. The van der Waals surface area contributed by atoms with Crippen LogP contribution in [0.4, 0.5) is 5.69 Å². The number of carbonyl (C=O) groups is 1. The van der Waals surface area contributed by atoms with Crippen LogP contribution < -0.4 is 9.62 Å². The number of aryl methyl sites for hydroxylation is 1. The predicted octanol–water partition coefficient (Wildman–Crippen LogP) is 4.49. The summed E-state index contributed by atoms with van der Waals surface area (Å²) in [5.41, 5.74) is 3.67. The first kappa shape index (κ1) is 24.9. The molecular weight excluding hydrogens is 458 g/mol. The molecule has 1 fully saturated rings. The highest BCUT2D eigenvalue weighted by atomic mass is 32.2. The van der Waals surface area contributed by atoms with Gasteiger partial charge in [-0.25, -0.2) is 8.42 Å². The van der Waals surface area contributed by atoms with Gasteiger partial charge in [-0.15, -0.1) is 0 Å². The zero-order chi connectivity index (χ0) is 24.7. The smallest absolute Gasteiger partial charge is 0.264 e. The number of anilines is 1. The Balaban J connectivity index is 1.48. The van der Waals surface area contributed by atoms with E-state index in [-0.39, 0.29) is 17.3 Å². The van der Waals surface area contributed by atoms with Crippen molar-refractivity contribution in [2.75, 3.05) is 23.9 Å². The van der Waals surface area contributed by atoms with Crippen LogP contribution in [0.25, 0.3) is 0 Å². The van der Waals surface area contributed by atoms with Gasteiger partial charge in [0.25, 0.3) is 10.0 Å². The zero-order valence-corrected chi connectivity index (χ0v) is 21.0. The van der Waals surface area contributed by atoms with E-state index >= 15 is 0 Å². The first-order chi connectivity index (χ1) is 16.9. The summed E-state index contributed by atoms with van der Waals surface area (Å²) in [6.45, 7) is 5.03. The number of likely N-dealkylation sites (tertiary alicyclic amines) is 1. The quantitative estimate of drug-likeness (QED) is 0.479. The topological polar surface area (TPSA) is 69.7 Å². The van der Waals surface area contributed by atoms with Gasteiger partial charge in [-0.1, -0.05) is 66.6 Å². The largest absolute Gasteiger partial charge is 0.350 e. The number of para-hydroxylation sites is 1. The molecule has 1 N–H and O–H groups in total. The highest BCUT2D eigenvalue weighted by Crippen LogP contribution is 2.24. The van der Waals surface area contributed by atoms with Crippen LogP contribution in [-0.2, 0) is 27.9 Å². The van der Waals surface area contributed by atoms with Crippen molar-refractivity contribution in [1.29, 1.82) is 0 Å². The second-order valence-corrected chi connectivity index (χ2v) is 10.9. The average molecular weight is 492 g/mol. The van der Waals surface area contributed by atoms with Crippen LogP contribution in [0.2, 0.25) is 0 Å². The second-order valence-electron chi connectivity index (χ2n) is 9.04. The van der Waals surface area contributed by atoms with Crippen molar-refractivity contribution in [3.8, 4) is 0 Å². The van der Waals surface area contributed by atoms with Gasteiger partial charge >= 0.3 is 0 Å². The number of hydrogen-bond acceptors (Lipinski definition) is 4. The highest BCUT2D eigenvalue weighted by molar-refractivity contribution is 7.92. The Morgan fingerprint density at radius 3 is 2.17 bits per heavy atom. The third-order valence-electron chi connectivity index (χ3n) is 6.38. The molecule has 4 rings (SSSR count). The van der Waals surface area contributed by atoms with Gasteiger partial charge in [0.15, 0.2) is 0 Å². The lowest BCUT2D eigenvalue weighted by Crippen LogP contribution is -2.40. The molecule has 0 unspecified atom stereocenters. The van der Waals surface area contributed by atoms with E-state index in [9.17, 15) is 13.2 Å². The number of sulfonamides is 1. The molecule has 1 heterocycles. The Morgan fingerprint density at radius 1 is 0.857 bits per heavy atom. The van der Waals surface area contributed by atoms with Crippen molar-refractivity contribution in [1.82, 2.24) is 10.2 Å². The molecule has 1 aliphatic rings. The van der Waals surface area contributed by atoms with E-state index in [2.05, 4.69) is 16.3 Å². The standard InChI is InChI=1S/C28H33N3O3S/c1-23-14-16-27(17-15-23)35(33,34)31(26-12-4-2-5-13-26)22-28(32)29-20-24-10-6-7-11-25(24)21-30-18-8-3-9-19-30/h2,4-7,10-17H,3,8-9,18-22H2,1H3,(H,29,32). The van der Waals surface area contributed by atoms with Crippen molar-refractivity contribution in [3.63, 3.8) is 0 Å². The monoisotopic (exact) mass is 491 g/mol. The van der Waals surface area contributed by atoms with Crippen molar-refractivity contribution >= 4 is 21.6 Å². The molecule has 7 heteroatoms. The maximum Gasteiger partial charge on any atom is 0.264 e. The van der Waals surface area contributed by atoms with E-state index < -0.39 is 10.0 Å². The molecule has 0 saturated carbocycles. The van der Waals surface area contributed by atoms with Crippen LogP contribution in [-0.4, -0.2) is 38.9 Å².